The van der Waals surface area contributed by atoms with Gasteiger partial charge in [0.25, 0.3) is 5.91 Å². The Hall–Kier alpha value is -3.42. The summed E-state index contributed by atoms with van der Waals surface area (Å²) in [5.74, 6) is 1.78. The first kappa shape index (κ1) is 17.0. The highest BCUT2D eigenvalue weighted by atomic mass is 16.7. The monoisotopic (exact) mass is 370 g/mol. The molecule has 2 amide bonds. The van der Waals surface area contributed by atoms with Gasteiger partial charge in [0.2, 0.25) is 12.7 Å². The van der Waals surface area contributed by atoms with Crippen LogP contribution in [0.5, 0.6) is 23.0 Å². The van der Waals surface area contributed by atoms with Crippen molar-refractivity contribution < 1.29 is 28.5 Å². The lowest BCUT2D eigenvalue weighted by atomic mass is 10.1. The predicted octanol–water partition coefficient (Wildman–Crippen LogP) is 1.58. The van der Waals surface area contributed by atoms with Crippen LogP contribution in [0.15, 0.2) is 36.4 Å². The van der Waals surface area contributed by atoms with E-state index in [1.54, 1.807) is 18.2 Å². The second-order valence-electron chi connectivity index (χ2n) is 6.05. The Kier molecular flexibility index (Phi) is 4.69. The van der Waals surface area contributed by atoms with Crippen LogP contribution in [0.4, 0.5) is 0 Å². The number of carbonyl (C=O) groups excluding carboxylic acids is 2. The average molecular weight is 370 g/mol. The zero-order valence-electron chi connectivity index (χ0n) is 14.4. The topological polar surface area (TPSA) is 95.1 Å². The number of hydrazine groups is 1. The molecule has 2 aromatic rings. The van der Waals surface area contributed by atoms with E-state index in [2.05, 4.69) is 10.9 Å². The maximum absolute atomic E-state index is 12.2. The summed E-state index contributed by atoms with van der Waals surface area (Å²) in [5.41, 5.74) is 6.14. The number of rotatable bonds is 4. The molecule has 0 aromatic heterocycles. The lowest BCUT2D eigenvalue weighted by molar-refractivity contribution is -0.121. The Morgan fingerprint density at radius 3 is 2.41 bits per heavy atom. The molecule has 0 saturated heterocycles. The highest BCUT2D eigenvalue weighted by molar-refractivity contribution is 5.96. The van der Waals surface area contributed by atoms with Crippen molar-refractivity contribution in [1.29, 1.82) is 0 Å². The summed E-state index contributed by atoms with van der Waals surface area (Å²) in [6.07, 6.45) is 0.740. The highest BCUT2D eigenvalue weighted by Gasteiger charge is 2.16. The van der Waals surface area contributed by atoms with E-state index in [0.29, 0.717) is 48.2 Å². The summed E-state index contributed by atoms with van der Waals surface area (Å²) < 4.78 is 21.4. The van der Waals surface area contributed by atoms with E-state index in [1.165, 1.54) is 0 Å². The fourth-order valence-electron chi connectivity index (χ4n) is 2.80. The normalized spacial score (nSPS) is 13.8. The molecule has 0 atom stereocenters. The van der Waals surface area contributed by atoms with Crippen molar-refractivity contribution in [3.8, 4) is 23.0 Å². The largest absolute Gasteiger partial charge is 0.486 e. The molecule has 0 bridgehead atoms. The van der Waals surface area contributed by atoms with Crippen molar-refractivity contribution in [2.24, 2.45) is 0 Å². The smallest absolute Gasteiger partial charge is 0.269 e. The van der Waals surface area contributed by atoms with Crippen molar-refractivity contribution >= 4 is 11.8 Å². The van der Waals surface area contributed by atoms with Crippen LogP contribution in [0.3, 0.4) is 0 Å². The van der Waals surface area contributed by atoms with Crippen LogP contribution in [-0.4, -0.2) is 31.8 Å². The summed E-state index contributed by atoms with van der Waals surface area (Å²) in [4.78, 5) is 24.2. The molecule has 0 aliphatic carbocycles. The highest BCUT2D eigenvalue weighted by Crippen LogP contribution is 2.33. The Labute approximate surface area is 155 Å². The molecule has 8 heteroatoms. The van der Waals surface area contributed by atoms with Crippen molar-refractivity contribution in [3.05, 3.63) is 47.5 Å². The standard InChI is InChI=1S/C19H18N2O6/c22-18(6-2-12-1-4-15-16(9-12)27-11-26-15)20-21-19(23)13-3-5-14-17(10-13)25-8-7-24-14/h1,3-5,9-10H,2,6-8,11H2,(H,20,22)(H,21,23). The summed E-state index contributed by atoms with van der Waals surface area (Å²) in [5, 5.41) is 0. The number of benzene rings is 2. The molecule has 8 nitrogen and oxygen atoms in total. The van der Waals surface area contributed by atoms with Crippen LogP contribution in [-0.2, 0) is 11.2 Å². The van der Waals surface area contributed by atoms with E-state index in [4.69, 9.17) is 18.9 Å². The molecule has 2 aliphatic heterocycles. The van der Waals surface area contributed by atoms with Gasteiger partial charge in [0, 0.05) is 12.0 Å². The molecule has 140 valence electrons. The number of hydrogen-bond acceptors (Lipinski definition) is 6. The number of carbonyl (C=O) groups is 2. The number of aryl methyl sites for hydroxylation is 1. The predicted molar refractivity (Wildman–Crippen MR) is 93.9 cm³/mol. The SMILES string of the molecule is O=C(CCc1ccc2c(c1)OCO2)NNC(=O)c1ccc2c(c1)OCCO2. The Morgan fingerprint density at radius 1 is 0.815 bits per heavy atom. The maximum atomic E-state index is 12.2. The van der Waals surface area contributed by atoms with Crippen LogP contribution >= 0.6 is 0 Å². The molecule has 27 heavy (non-hydrogen) atoms. The van der Waals surface area contributed by atoms with Crippen molar-refractivity contribution in [3.63, 3.8) is 0 Å². The number of nitrogens with one attached hydrogen (secondary N) is 2. The second kappa shape index (κ2) is 7.45. The molecular formula is C19H18N2O6. The first-order chi connectivity index (χ1) is 13.2. The van der Waals surface area contributed by atoms with Gasteiger partial charge in [-0.2, -0.15) is 0 Å². The van der Waals surface area contributed by atoms with E-state index in [-0.39, 0.29) is 19.1 Å². The van der Waals surface area contributed by atoms with E-state index in [1.807, 2.05) is 18.2 Å². The van der Waals surface area contributed by atoms with Gasteiger partial charge < -0.3 is 18.9 Å². The van der Waals surface area contributed by atoms with E-state index in [0.717, 1.165) is 5.56 Å². The summed E-state index contributed by atoms with van der Waals surface area (Å²) in [7, 11) is 0. The fourth-order valence-corrected chi connectivity index (χ4v) is 2.80. The third kappa shape index (κ3) is 3.89. The molecule has 0 radical (unpaired) electrons. The van der Waals surface area contributed by atoms with E-state index in [9.17, 15) is 9.59 Å². The summed E-state index contributed by atoms with van der Waals surface area (Å²) >= 11 is 0. The molecule has 0 fully saturated rings. The molecule has 4 rings (SSSR count). The molecule has 2 aromatic carbocycles. The number of fused-ring (bicyclic) bond motifs is 2. The third-order valence-corrected chi connectivity index (χ3v) is 4.20. The minimum atomic E-state index is -0.427. The van der Waals surface area contributed by atoms with Crippen molar-refractivity contribution in [1.82, 2.24) is 10.9 Å². The van der Waals surface area contributed by atoms with Gasteiger partial charge in [0.15, 0.2) is 23.0 Å². The van der Waals surface area contributed by atoms with Gasteiger partial charge in [-0.3, -0.25) is 20.4 Å². The van der Waals surface area contributed by atoms with Gasteiger partial charge in [0.05, 0.1) is 0 Å². The first-order valence-electron chi connectivity index (χ1n) is 8.56. The van der Waals surface area contributed by atoms with Gasteiger partial charge in [0.1, 0.15) is 13.2 Å². The first-order valence-corrected chi connectivity index (χ1v) is 8.56. The number of ether oxygens (including phenoxy) is 4. The number of hydrogen-bond donors (Lipinski definition) is 2. The van der Waals surface area contributed by atoms with Crippen LogP contribution in [0, 0.1) is 0 Å². The van der Waals surface area contributed by atoms with Crippen molar-refractivity contribution in [2.75, 3.05) is 20.0 Å². The summed E-state index contributed by atoms with van der Waals surface area (Å²) in [6.45, 7) is 1.14. The van der Waals surface area contributed by atoms with E-state index >= 15 is 0 Å². The summed E-state index contributed by atoms with van der Waals surface area (Å²) in [6, 6.07) is 10.4. The average Bonchev–Trinajstić information content (AvgIpc) is 3.18. The second-order valence-corrected chi connectivity index (χ2v) is 6.05. The van der Waals surface area contributed by atoms with Gasteiger partial charge in [-0.15, -0.1) is 0 Å². The zero-order chi connectivity index (χ0) is 18.6. The molecule has 2 aliphatic rings. The quantitative estimate of drug-likeness (QED) is 0.794. The van der Waals surface area contributed by atoms with Gasteiger partial charge >= 0.3 is 0 Å². The Bertz CT molecular complexity index is 882. The minimum absolute atomic E-state index is 0.213. The molecule has 2 heterocycles. The lowest BCUT2D eigenvalue weighted by Gasteiger charge is -2.18. The van der Waals surface area contributed by atoms with Crippen molar-refractivity contribution in [2.45, 2.75) is 12.8 Å². The minimum Gasteiger partial charge on any atom is -0.486 e. The van der Waals surface area contributed by atoms with Gasteiger partial charge in [-0.1, -0.05) is 6.07 Å². The molecule has 0 spiro atoms. The van der Waals surface area contributed by atoms with Crippen LogP contribution in [0.25, 0.3) is 0 Å². The maximum Gasteiger partial charge on any atom is 0.269 e. The molecule has 0 saturated carbocycles. The third-order valence-electron chi connectivity index (χ3n) is 4.20. The van der Waals surface area contributed by atoms with Gasteiger partial charge in [-0.05, 0) is 42.3 Å². The van der Waals surface area contributed by atoms with Gasteiger partial charge in [-0.25, -0.2) is 0 Å². The molecule has 2 N–H and O–H groups in total. The molecular weight excluding hydrogens is 352 g/mol. The lowest BCUT2D eigenvalue weighted by Crippen LogP contribution is -2.41. The Balaban J connectivity index is 1.27. The Morgan fingerprint density at radius 2 is 1.52 bits per heavy atom. The van der Waals surface area contributed by atoms with Crippen LogP contribution < -0.4 is 29.8 Å². The fraction of sp³-hybridized carbons (Fsp3) is 0.263. The van der Waals surface area contributed by atoms with E-state index < -0.39 is 5.91 Å². The van der Waals surface area contributed by atoms with Crippen LogP contribution in [0.2, 0.25) is 0 Å². The zero-order valence-corrected chi connectivity index (χ0v) is 14.4. The van der Waals surface area contributed by atoms with Crippen LogP contribution in [0.1, 0.15) is 22.3 Å². The number of amides is 2. The molecule has 0 unspecified atom stereocenters.